The van der Waals surface area contributed by atoms with Gasteiger partial charge in [-0.3, -0.25) is 10.2 Å². The number of urea groups is 1. The van der Waals surface area contributed by atoms with Crippen LogP contribution in [0.5, 0.6) is 0 Å². The van der Waals surface area contributed by atoms with Gasteiger partial charge in [-0.15, -0.1) is 0 Å². The van der Waals surface area contributed by atoms with Crippen molar-refractivity contribution in [1.82, 2.24) is 9.97 Å². The Morgan fingerprint density at radius 2 is 2.10 bits per heavy atom. The molecule has 1 aromatic carbocycles. The number of benzene rings is 1. The van der Waals surface area contributed by atoms with Crippen LogP contribution in [-0.4, -0.2) is 22.5 Å². The molecule has 1 N–H and O–H groups in total. The van der Waals surface area contributed by atoms with Gasteiger partial charge < -0.3 is 0 Å². The Morgan fingerprint density at radius 1 is 1.24 bits per heavy atom. The van der Waals surface area contributed by atoms with Crippen molar-refractivity contribution >= 4 is 17.7 Å². The van der Waals surface area contributed by atoms with E-state index in [2.05, 4.69) is 21.4 Å². The maximum atomic E-state index is 12.5. The maximum Gasteiger partial charge on any atom is 0.328 e. The summed E-state index contributed by atoms with van der Waals surface area (Å²) in [6.45, 7) is 2.59. The van der Waals surface area contributed by atoms with Crippen molar-refractivity contribution in [2.24, 2.45) is 0 Å². The minimum Gasteiger partial charge on any atom is -0.294 e. The van der Waals surface area contributed by atoms with Crippen LogP contribution >= 0.6 is 0 Å². The Morgan fingerprint density at radius 3 is 2.95 bits per heavy atom. The molecule has 0 spiro atoms. The molecule has 0 atom stereocenters. The average Bonchev–Trinajstić information content (AvgIpc) is 2.69. The maximum absolute atomic E-state index is 12.5. The summed E-state index contributed by atoms with van der Waals surface area (Å²) in [6.07, 6.45) is 4.76. The van der Waals surface area contributed by atoms with Crippen LogP contribution in [0.15, 0.2) is 36.5 Å². The number of fused-ring (bicyclic) bond motifs is 1. The fourth-order valence-electron chi connectivity index (χ4n) is 2.57. The molecule has 5 heteroatoms. The summed E-state index contributed by atoms with van der Waals surface area (Å²) in [5, 5.41) is 2.79. The number of carbonyl (C=O) groups is 1. The molecule has 3 rings (SSSR count). The van der Waals surface area contributed by atoms with Gasteiger partial charge >= 0.3 is 6.03 Å². The third-order valence-corrected chi connectivity index (χ3v) is 3.62. The van der Waals surface area contributed by atoms with E-state index in [1.54, 1.807) is 17.2 Å². The molecule has 1 aliphatic rings. The number of amides is 2. The minimum atomic E-state index is -0.171. The molecular weight excluding hydrogens is 264 g/mol. The van der Waals surface area contributed by atoms with Gasteiger partial charge in [0.2, 0.25) is 5.95 Å². The molecule has 21 heavy (non-hydrogen) atoms. The van der Waals surface area contributed by atoms with Crippen LogP contribution in [0, 0.1) is 6.92 Å². The molecule has 0 bridgehead atoms. The topological polar surface area (TPSA) is 58.1 Å². The average molecular weight is 282 g/mol. The lowest BCUT2D eigenvalue weighted by Crippen LogP contribution is -2.36. The molecule has 1 aliphatic heterocycles. The van der Waals surface area contributed by atoms with Crippen molar-refractivity contribution < 1.29 is 4.79 Å². The van der Waals surface area contributed by atoms with Crippen molar-refractivity contribution in [3.05, 3.63) is 47.8 Å². The van der Waals surface area contributed by atoms with E-state index < -0.39 is 0 Å². The Kier molecular flexibility index (Phi) is 3.81. The van der Waals surface area contributed by atoms with Crippen molar-refractivity contribution in [2.45, 2.75) is 26.2 Å². The highest BCUT2D eigenvalue weighted by Gasteiger charge is 2.21. The number of carbonyl (C=O) groups excluding carboxylic acids is 1. The van der Waals surface area contributed by atoms with Gasteiger partial charge in [0.05, 0.1) is 0 Å². The van der Waals surface area contributed by atoms with Gasteiger partial charge in [-0.25, -0.2) is 14.8 Å². The minimum absolute atomic E-state index is 0.171. The summed E-state index contributed by atoms with van der Waals surface area (Å²) in [5.41, 5.74) is 3.03. The van der Waals surface area contributed by atoms with Crippen LogP contribution in [0.25, 0.3) is 0 Å². The molecule has 1 aromatic heterocycles. The number of para-hydroxylation sites is 1. The quantitative estimate of drug-likeness (QED) is 0.874. The summed E-state index contributed by atoms with van der Waals surface area (Å²) in [7, 11) is 0. The van der Waals surface area contributed by atoms with Crippen LogP contribution in [0.4, 0.5) is 16.4 Å². The lowest BCUT2D eigenvalue weighted by molar-refractivity contribution is 0.256. The number of aromatic nitrogens is 2. The third-order valence-electron chi connectivity index (χ3n) is 3.62. The zero-order valence-electron chi connectivity index (χ0n) is 12.0. The molecule has 0 fully saturated rings. The Labute approximate surface area is 124 Å². The van der Waals surface area contributed by atoms with Crippen LogP contribution < -0.4 is 10.2 Å². The highest BCUT2D eigenvalue weighted by atomic mass is 16.2. The first-order chi connectivity index (χ1) is 10.2. The predicted molar refractivity (Wildman–Crippen MR) is 82.5 cm³/mol. The Hall–Kier alpha value is -2.43. The molecule has 0 saturated heterocycles. The van der Waals surface area contributed by atoms with Gasteiger partial charge in [0, 0.05) is 24.1 Å². The van der Waals surface area contributed by atoms with E-state index in [1.165, 1.54) is 5.56 Å². The SMILES string of the molecule is Cc1ccnc(NC(=O)N2CCCCc3ccccc32)n1. The molecule has 5 nitrogen and oxygen atoms in total. The molecule has 2 heterocycles. The van der Waals surface area contributed by atoms with Gasteiger partial charge in [-0.05, 0) is 43.9 Å². The highest BCUT2D eigenvalue weighted by molar-refractivity contribution is 6.01. The van der Waals surface area contributed by atoms with E-state index in [4.69, 9.17) is 0 Å². The van der Waals surface area contributed by atoms with Crippen LogP contribution in [-0.2, 0) is 6.42 Å². The number of nitrogens with zero attached hydrogens (tertiary/aromatic N) is 3. The standard InChI is InChI=1S/C16H18N4O/c1-12-9-10-17-15(18-12)19-16(21)20-11-5-4-7-13-6-2-3-8-14(13)20/h2-3,6,8-10H,4-5,7,11H2,1H3,(H,17,18,19,21). The summed E-state index contributed by atoms with van der Waals surface area (Å²) in [6, 6.07) is 9.70. The second-order valence-electron chi connectivity index (χ2n) is 5.19. The molecule has 0 unspecified atom stereocenters. The van der Waals surface area contributed by atoms with E-state index >= 15 is 0 Å². The first-order valence-corrected chi connectivity index (χ1v) is 7.20. The van der Waals surface area contributed by atoms with E-state index in [0.717, 1.165) is 30.6 Å². The third kappa shape index (κ3) is 3.02. The van der Waals surface area contributed by atoms with Crippen molar-refractivity contribution in [2.75, 3.05) is 16.8 Å². The Bertz CT molecular complexity index is 656. The largest absolute Gasteiger partial charge is 0.328 e. The van der Waals surface area contributed by atoms with Gasteiger partial charge in [-0.1, -0.05) is 18.2 Å². The van der Waals surface area contributed by atoms with Crippen molar-refractivity contribution in [1.29, 1.82) is 0 Å². The van der Waals surface area contributed by atoms with E-state index in [0.29, 0.717) is 12.5 Å². The van der Waals surface area contributed by atoms with Crippen molar-refractivity contribution in [3.8, 4) is 0 Å². The molecule has 2 aromatic rings. The highest BCUT2D eigenvalue weighted by Crippen LogP contribution is 2.26. The number of anilines is 2. The molecule has 2 amide bonds. The summed E-state index contributed by atoms with van der Waals surface area (Å²) in [5.74, 6) is 0.349. The van der Waals surface area contributed by atoms with Gasteiger partial charge in [-0.2, -0.15) is 0 Å². The first-order valence-electron chi connectivity index (χ1n) is 7.20. The lowest BCUT2D eigenvalue weighted by atomic mass is 10.1. The molecule has 0 aliphatic carbocycles. The van der Waals surface area contributed by atoms with Crippen LogP contribution in [0.3, 0.4) is 0 Å². The fraction of sp³-hybridized carbons (Fsp3) is 0.312. The molecule has 0 saturated carbocycles. The van der Waals surface area contributed by atoms with E-state index in [9.17, 15) is 4.79 Å². The molecule has 108 valence electrons. The smallest absolute Gasteiger partial charge is 0.294 e. The monoisotopic (exact) mass is 282 g/mol. The van der Waals surface area contributed by atoms with E-state index in [1.807, 2.05) is 25.1 Å². The summed E-state index contributed by atoms with van der Waals surface area (Å²) in [4.78, 5) is 22.6. The Balaban J connectivity index is 1.84. The second kappa shape index (κ2) is 5.91. The van der Waals surface area contributed by atoms with Gasteiger partial charge in [0.15, 0.2) is 0 Å². The fourth-order valence-corrected chi connectivity index (χ4v) is 2.57. The van der Waals surface area contributed by atoms with Gasteiger partial charge in [0.25, 0.3) is 0 Å². The second-order valence-corrected chi connectivity index (χ2v) is 5.19. The number of hydrogen-bond donors (Lipinski definition) is 1. The summed E-state index contributed by atoms with van der Waals surface area (Å²) < 4.78 is 0. The van der Waals surface area contributed by atoms with E-state index in [-0.39, 0.29) is 6.03 Å². The van der Waals surface area contributed by atoms with Gasteiger partial charge in [0.1, 0.15) is 0 Å². The number of aryl methyl sites for hydroxylation is 2. The molecular formula is C16H18N4O. The number of rotatable bonds is 1. The van der Waals surface area contributed by atoms with Crippen LogP contribution in [0.1, 0.15) is 24.1 Å². The zero-order valence-corrected chi connectivity index (χ0v) is 12.0. The lowest BCUT2D eigenvalue weighted by Gasteiger charge is -2.22. The summed E-state index contributed by atoms with van der Waals surface area (Å²) >= 11 is 0. The predicted octanol–water partition coefficient (Wildman–Crippen LogP) is 3.16. The number of nitrogens with one attached hydrogen (secondary N) is 1. The van der Waals surface area contributed by atoms with Crippen molar-refractivity contribution in [3.63, 3.8) is 0 Å². The first kappa shape index (κ1) is 13.5. The number of hydrogen-bond acceptors (Lipinski definition) is 3. The normalized spacial score (nSPS) is 14.2. The van der Waals surface area contributed by atoms with Crippen LogP contribution in [0.2, 0.25) is 0 Å². The molecule has 0 radical (unpaired) electrons. The zero-order chi connectivity index (χ0) is 14.7.